The van der Waals surface area contributed by atoms with Crippen LogP contribution in [-0.4, -0.2) is 39.5 Å². The van der Waals surface area contributed by atoms with Gasteiger partial charge in [-0.3, -0.25) is 4.79 Å². The summed E-state index contributed by atoms with van der Waals surface area (Å²) in [4.78, 5) is 18.4. The normalized spacial score (nSPS) is 19.7. The second-order valence-corrected chi connectivity index (χ2v) is 7.61. The lowest BCUT2D eigenvalue weighted by atomic mass is 9.92. The molecule has 148 valence electrons. The Hall–Kier alpha value is -2.09. The number of rotatable bonds is 3. The standard InChI is InChI=1S/C19H25F3N4O/c1-11(2)26-16-7-6-13(9-15(16)24-18(26)19(20,21)22)17(27)25-8-4-5-14(10-25)12(3)23/h6-7,9,11-12,14H,4-5,8,10,23H2,1-3H3. The van der Waals surface area contributed by atoms with Crippen LogP contribution in [0.5, 0.6) is 0 Å². The zero-order chi connectivity index (χ0) is 19.9. The number of hydrogen-bond donors (Lipinski definition) is 1. The average molecular weight is 382 g/mol. The summed E-state index contributed by atoms with van der Waals surface area (Å²) in [5.41, 5.74) is 6.89. The van der Waals surface area contributed by atoms with Crippen LogP contribution in [0.25, 0.3) is 11.0 Å². The lowest BCUT2D eigenvalue weighted by Gasteiger charge is -2.34. The molecule has 2 heterocycles. The minimum absolute atomic E-state index is 0.000774. The van der Waals surface area contributed by atoms with Gasteiger partial charge < -0.3 is 15.2 Å². The fraction of sp³-hybridized carbons (Fsp3) is 0.579. The number of nitrogens with two attached hydrogens (primary N) is 1. The SMILES string of the molecule is CC(N)C1CCCN(C(=O)c2ccc3c(c2)nc(C(F)(F)F)n3C(C)C)C1. The fourth-order valence-electron chi connectivity index (χ4n) is 3.76. The zero-order valence-corrected chi connectivity index (χ0v) is 15.8. The summed E-state index contributed by atoms with van der Waals surface area (Å²) in [6, 6.07) is 4.20. The Labute approximate surface area is 156 Å². The van der Waals surface area contributed by atoms with Crippen molar-refractivity contribution in [2.75, 3.05) is 13.1 Å². The summed E-state index contributed by atoms with van der Waals surface area (Å²) in [6.07, 6.45) is -2.70. The van der Waals surface area contributed by atoms with Gasteiger partial charge in [-0.1, -0.05) is 0 Å². The number of amides is 1. The van der Waals surface area contributed by atoms with Gasteiger partial charge in [-0.2, -0.15) is 13.2 Å². The average Bonchev–Trinajstić information content (AvgIpc) is 3.00. The van der Waals surface area contributed by atoms with E-state index in [1.807, 2.05) is 6.92 Å². The first-order valence-electron chi connectivity index (χ1n) is 9.23. The van der Waals surface area contributed by atoms with Crippen molar-refractivity contribution in [3.8, 4) is 0 Å². The Balaban J connectivity index is 1.96. The molecule has 2 unspecified atom stereocenters. The Kier molecular flexibility index (Phi) is 5.20. The largest absolute Gasteiger partial charge is 0.449 e. The first kappa shape index (κ1) is 19.7. The van der Waals surface area contributed by atoms with Crippen molar-refractivity contribution in [2.45, 2.75) is 51.9 Å². The predicted molar refractivity (Wildman–Crippen MR) is 97.4 cm³/mol. The van der Waals surface area contributed by atoms with E-state index in [4.69, 9.17) is 5.73 Å². The lowest BCUT2D eigenvalue weighted by Crippen LogP contribution is -2.45. The molecule has 1 amide bonds. The zero-order valence-electron chi connectivity index (χ0n) is 15.8. The molecule has 0 radical (unpaired) electrons. The van der Waals surface area contributed by atoms with Crippen molar-refractivity contribution in [3.63, 3.8) is 0 Å². The van der Waals surface area contributed by atoms with Crippen molar-refractivity contribution < 1.29 is 18.0 Å². The molecule has 2 N–H and O–H groups in total. The third kappa shape index (κ3) is 3.81. The van der Waals surface area contributed by atoms with Gasteiger partial charge in [-0.05, 0) is 57.7 Å². The highest BCUT2D eigenvalue weighted by Gasteiger charge is 2.38. The van der Waals surface area contributed by atoms with Gasteiger partial charge in [-0.25, -0.2) is 4.98 Å². The maximum atomic E-state index is 13.3. The molecule has 0 spiro atoms. The Morgan fingerprint density at radius 1 is 1.30 bits per heavy atom. The van der Waals surface area contributed by atoms with E-state index in [-0.39, 0.29) is 23.4 Å². The second kappa shape index (κ2) is 7.14. The molecule has 2 aromatic rings. The first-order chi connectivity index (χ1) is 12.6. The number of fused-ring (bicyclic) bond motifs is 1. The summed E-state index contributed by atoms with van der Waals surface area (Å²) >= 11 is 0. The summed E-state index contributed by atoms with van der Waals surface area (Å²) in [6.45, 7) is 6.49. The number of carbonyl (C=O) groups is 1. The van der Waals surface area contributed by atoms with Crippen molar-refractivity contribution in [2.24, 2.45) is 11.7 Å². The van der Waals surface area contributed by atoms with Gasteiger partial charge in [0.2, 0.25) is 5.82 Å². The molecule has 0 aliphatic carbocycles. The smallest absolute Gasteiger partial charge is 0.338 e. The fourth-order valence-corrected chi connectivity index (χ4v) is 3.76. The molecule has 5 nitrogen and oxygen atoms in total. The van der Waals surface area contributed by atoms with E-state index in [0.29, 0.717) is 24.2 Å². The topological polar surface area (TPSA) is 64.2 Å². The maximum absolute atomic E-state index is 13.3. The minimum atomic E-state index is -4.55. The molecule has 1 aliphatic rings. The summed E-state index contributed by atoms with van der Waals surface area (Å²) in [7, 11) is 0. The molecule has 8 heteroatoms. The van der Waals surface area contributed by atoms with Crippen LogP contribution in [0.1, 0.15) is 55.8 Å². The highest BCUT2D eigenvalue weighted by atomic mass is 19.4. The van der Waals surface area contributed by atoms with Crippen LogP contribution >= 0.6 is 0 Å². The predicted octanol–water partition coefficient (Wildman–Crippen LogP) is 3.84. The Morgan fingerprint density at radius 3 is 2.59 bits per heavy atom. The monoisotopic (exact) mass is 382 g/mol. The number of benzene rings is 1. The molecule has 1 saturated heterocycles. The van der Waals surface area contributed by atoms with Crippen LogP contribution in [0.4, 0.5) is 13.2 Å². The summed E-state index contributed by atoms with van der Waals surface area (Å²) in [5.74, 6) is -0.884. The second-order valence-electron chi connectivity index (χ2n) is 7.61. The van der Waals surface area contributed by atoms with E-state index in [1.54, 1.807) is 30.9 Å². The molecule has 3 rings (SSSR count). The van der Waals surface area contributed by atoms with Gasteiger partial charge in [0.15, 0.2) is 0 Å². The quantitative estimate of drug-likeness (QED) is 0.877. The van der Waals surface area contributed by atoms with E-state index >= 15 is 0 Å². The third-order valence-electron chi connectivity index (χ3n) is 5.20. The van der Waals surface area contributed by atoms with Crippen molar-refractivity contribution in [3.05, 3.63) is 29.6 Å². The van der Waals surface area contributed by atoms with E-state index in [9.17, 15) is 18.0 Å². The lowest BCUT2D eigenvalue weighted by molar-refractivity contribution is -0.147. The number of hydrogen-bond acceptors (Lipinski definition) is 3. The molecular formula is C19H25F3N4O. The third-order valence-corrected chi connectivity index (χ3v) is 5.20. The van der Waals surface area contributed by atoms with Gasteiger partial charge in [0.1, 0.15) is 0 Å². The van der Waals surface area contributed by atoms with E-state index < -0.39 is 18.0 Å². The van der Waals surface area contributed by atoms with Crippen LogP contribution in [0.2, 0.25) is 0 Å². The number of alkyl halides is 3. The molecule has 0 bridgehead atoms. The van der Waals surface area contributed by atoms with Crippen molar-refractivity contribution in [1.82, 2.24) is 14.5 Å². The van der Waals surface area contributed by atoms with Gasteiger partial charge in [0, 0.05) is 30.7 Å². The number of piperidine rings is 1. The van der Waals surface area contributed by atoms with Gasteiger partial charge in [-0.15, -0.1) is 0 Å². The number of halogens is 3. The van der Waals surface area contributed by atoms with Gasteiger partial charge in [0.05, 0.1) is 11.0 Å². The first-order valence-corrected chi connectivity index (χ1v) is 9.23. The molecule has 27 heavy (non-hydrogen) atoms. The highest BCUT2D eigenvalue weighted by molar-refractivity contribution is 5.97. The van der Waals surface area contributed by atoms with Crippen molar-refractivity contribution >= 4 is 16.9 Å². The van der Waals surface area contributed by atoms with Crippen LogP contribution in [-0.2, 0) is 6.18 Å². The summed E-state index contributed by atoms with van der Waals surface area (Å²) < 4.78 is 41.2. The Bertz CT molecular complexity index is 841. The van der Waals surface area contributed by atoms with Crippen LogP contribution in [0.15, 0.2) is 18.2 Å². The molecule has 0 saturated carbocycles. The number of likely N-dealkylation sites (tertiary alicyclic amines) is 1. The summed E-state index contributed by atoms with van der Waals surface area (Å²) in [5, 5.41) is 0. The highest BCUT2D eigenvalue weighted by Crippen LogP contribution is 2.34. The van der Waals surface area contributed by atoms with Crippen molar-refractivity contribution in [1.29, 1.82) is 0 Å². The number of aromatic nitrogens is 2. The molecule has 1 aromatic carbocycles. The van der Waals surface area contributed by atoms with Gasteiger partial charge >= 0.3 is 6.18 Å². The minimum Gasteiger partial charge on any atom is -0.338 e. The van der Waals surface area contributed by atoms with E-state index in [0.717, 1.165) is 17.4 Å². The number of carbonyl (C=O) groups excluding carboxylic acids is 1. The molecular weight excluding hydrogens is 357 g/mol. The van der Waals surface area contributed by atoms with Crippen LogP contribution < -0.4 is 5.73 Å². The molecule has 2 atom stereocenters. The Morgan fingerprint density at radius 2 is 2.00 bits per heavy atom. The molecule has 1 fully saturated rings. The van der Waals surface area contributed by atoms with E-state index in [1.165, 1.54) is 6.07 Å². The maximum Gasteiger partial charge on any atom is 0.449 e. The molecule has 1 aromatic heterocycles. The van der Waals surface area contributed by atoms with Crippen LogP contribution in [0.3, 0.4) is 0 Å². The van der Waals surface area contributed by atoms with E-state index in [2.05, 4.69) is 4.98 Å². The number of imidazole rings is 1. The molecule has 1 aliphatic heterocycles. The van der Waals surface area contributed by atoms with Gasteiger partial charge in [0.25, 0.3) is 5.91 Å². The van der Waals surface area contributed by atoms with Crippen LogP contribution in [0, 0.1) is 5.92 Å². The number of nitrogens with zero attached hydrogens (tertiary/aromatic N) is 3.